The molecule has 6 atom stereocenters. The number of fused-ring (bicyclic) bond motifs is 1. The van der Waals surface area contributed by atoms with Crippen molar-refractivity contribution in [3.8, 4) is 0 Å². The Morgan fingerprint density at radius 2 is 2.09 bits per heavy atom. The van der Waals surface area contributed by atoms with Gasteiger partial charge in [-0.2, -0.15) is 18.4 Å². The summed E-state index contributed by atoms with van der Waals surface area (Å²) in [5.41, 5.74) is 11.8. The van der Waals surface area contributed by atoms with Crippen LogP contribution in [0.2, 0.25) is 5.28 Å². The second-order valence-electron chi connectivity index (χ2n) is 7.36. The molecule has 0 bridgehead atoms. The Kier molecular flexibility index (Phi) is 7.18. The van der Waals surface area contributed by atoms with E-state index in [-0.39, 0.29) is 28.2 Å². The minimum atomic E-state index is -4.54. The quantitative estimate of drug-likeness (QED) is 0.263. The Morgan fingerprint density at radius 3 is 2.75 bits per heavy atom. The summed E-state index contributed by atoms with van der Waals surface area (Å²) in [6, 6.07) is -1.05. The number of nitrogens with one attached hydrogen (secondary N) is 1. The molecule has 16 heteroatoms. The van der Waals surface area contributed by atoms with Crippen molar-refractivity contribution in [2.75, 3.05) is 12.3 Å². The number of imidazole rings is 1. The molecule has 3 heterocycles. The number of aliphatic hydroxyl groups excluding tert-OH is 2. The highest BCUT2D eigenvalue weighted by Crippen LogP contribution is 2.32. The number of rotatable bonds is 8. The van der Waals surface area contributed by atoms with Crippen LogP contribution < -0.4 is 16.2 Å². The Bertz CT molecular complexity index is 1100. The fourth-order valence-electron chi connectivity index (χ4n) is 3.08. The van der Waals surface area contributed by atoms with Crippen LogP contribution in [0.3, 0.4) is 0 Å². The second kappa shape index (κ2) is 9.38. The van der Waals surface area contributed by atoms with Gasteiger partial charge < -0.3 is 26.4 Å². The number of carbonyl (C=O) groups excluding carboxylic acids is 1. The average molecular weight is 494 g/mol. The number of nitrogens with zero attached hydrogens (tertiary/aromatic N) is 4. The first-order valence-electron chi connectivity index (χ1n) is 9.58. The summed E-state index contributed by atoms with van der Waals surface area (Å²) in [4.78, 5) is 23.8. The summed E-state index contributed by atoms with van der Waals surface area (Å²) in [7, 11) is -4.54. The van der Waals surface area contributed by atoms with E-state index in [0.717, 1.165) is 0 Å². The maximum atomic E-state index is 12.1. The van der Waals surface area contributed by atoms with Crippen molar-refractivity contribution in [3.63, 3.8) is 0 Å². The molecule has 0 saturated carbocycles. The van der Waals surface area contributed by atoms with E-state index in [1.807, 2.05) is 0 Å². The number of amides is 1. The SMILES string of the molecule is CC[C@H](C)[C@H](N)C(=O)NS(=O)(=O)OC[C@H]1O[C@@H](n2cnc3c(N)nc(Cl)nc32)[C@H](O)[C@@H]1O. The minimum Gasteiger partial charge on any atom is -0.387 e. The van der Waals surface area contributed by atoms with Gasteiger partial charge in [-0.05, 0) is 17.5 Å². The molecule has 1 aliphatic heterocycles. The molecule has 178 valence electrons. The number of ether oxygens (including phenoxy) is 1. The van der Waals surface area contributed by atoms with E-state index in [1.54, 1.807) is 18.6 Å². The van der Waals surface area contributed by atoms with Crippen LogP contribution in [0.4, 0.5) is 5.82 Å². The van der Waals surface area contributed by atoms with Crippen LogP contribution in [0.25, 0.3) is 11.2 Å². The molecular weight excluding hydrogens is 470 g/mol. The lowest BCUT2D eigenvalue weighted by atomic mass is 10.00. The van der Waals surface area contributed by atoms with E-state index < -0.39 is 53.4 Å². The van der Waals surface area contributed by atoms with Gasteiger partial charge in [0.1, 0.15) is 23.8 Å². The number of aliphatic hydroxyl groups is 2. The third kappa shape index (κ3) is 4.93. The fourth-order valence-corrected chi connectivity index (χ4v) is 4.01. The van der Waals surface area contributed by atoms with Crippen molar-refractivity contribution in [1.82, 2.24) is 24.2 Å². The zero-order valence-corrected chi connectivity index (χ0v) is 18.7. The number of aromatic nitrogens is 4. The van der Waals surface area contributed by atoms with Gasteiger partial charge in [-0.3, -0.25) is 13.5 Å². The lowest BCUT2D eigenvalue weighted by molar-refractivity contribution is -0.121. The van der Waals surface area contributed by atoms with Gasteiger partial charge in [-0.25, -0.2) is 9.71 Å². The third-order valence-electron chi connectivity index (χ3n) is 5.21. The maximum Gasteiger partial charge on any atom is 0.362 e. The van der Waals surface area contributed by atoms with E-state index in [2.05, 4.69) is 15.0 Å². The number of hydrogen-bond donors (Lipinski definition) is 5. The second-order valence-corrected chi connectivity index (χ2v) is 9.05. The van der Waals surface area contributed by atoms with Crippen LogP contribution in [0.5, 0.6) is 0 Å². The van der Waals surface area contributed by atoms with Gasteiger partial charge in [0.15, 0.2) is 17.7 Å². The number of carbonyl (C=O) groups is 1. The van der Waals surface area contributed by atoms with Crippen LogP contribution in [0.15, 0.2) is 6.33 Å². The predicted octanol–water partition coefficient (Wildman–Crippen LogP) is -1.57. The first kappa shape index (κ1) is 24.5. The summed E-state index contributed by atoms with van der Waals surface area (Å²) in [5.74, 6) is -1.18. The number of hydrogen-bond acceptors (Lipinski definition) is 12. The standard InChI is InChI=1S/C16H24ClN7O7S/c1-3-6(2)8(18)14(27)23-32(28,29)30-4-7-10(25)11(26)15(31-7)24-5-20-9-12(19)21-16(17)22-13(9)24/h5-8,10-11,15,25-26H,3-4,18H2,1-2H3,(H,23,27)(H2,19,21,22)/t6-,7+,8-,10+,11+,15+/m0/s1. The molecule has 2 aromatic heterocycles. The van der Waals surface area contributed by atoms with Crippen LogP contribution in [-0.4, -0.2) is 75.0 Å². The molecule has 0 aliphatic carbocycles. The summed E-state index contributed by atoms with van der Waals surface area (Å²) >= 11 is 5.82. The molecule has 3 rings (SSSR count). The van der Waals surface area contributed by atoms with Gasteiger partial charge in [-0.15, -0.1) is 0 Å². The Labute approximate surface area is 188 Å². The smallest absolute Gasteiger partial charge is 0.362 e. The molecule has 0 aromatic carbocycles. The van der Waals surface area contributed by atoms with Crippen molar-refractivity contribution >= 4 is 44.8 Å². The van der Waals surface area contributed by atoms with Crippen molar-refractivity contribution in [2.45, 2.75) is 50.8 Å². The first-order chi connectivity index (χ1) is 14.9. The zero-order valence-electron chi connectivity index (χ0n) is 17.1. The largest absolute Gasteiger partial charge is 0.387 e. The summed E-state index contributed by atoms with van der Waals surface area (Å²) in [6.07, 6.45) is -3.67. The fraction of sp³-hybridized carbons (Fsp3) is 0.625. The van der Waals surface area contributed by atoms with E-state index in [1.165, 1.54) is 10.9 Å². The van der Waals surface area contributed by atoms with E-state index in [0.29, 0.717) is 6.42 Å². The van der Waals surface area contributed by atoms with Crippen molar-refractivity contribution in [2.24, 2.45) is 11.7 Å². The molecule has 14 nitrogen and oxygen atoms in total. The highest BCUT2D eigenvalue weighted by atomic mass is 35.5. The zero-order chi connectivity index (χ0) is 23.8. The third-order valence-corrected chi connectivity index (χ3v) is 6.27. The number of anilines is 1. The summed E-state index contributed by atoms with van der Waals surface area (Å²) < 4.78 is 37.5. The molecule has 7 N–H and O–H groups in total. The molecule has 1 amide bonds. The van der Waals surface area contributed by atoms with Gasteiger partial charge in [0.25, 0.3) is 5.91 Å². The highest BCUT2D eigenvalue weighted by Gasteiger charge is 2.45. The van der Waals surface area contributed by atoms with Crippen LogP contribution in [0, 0.1) is 5.92 Å². The summed E-state index contributed by atoms with van der Waals surface area (Å²) in [6.45, 7) is 2.81. The molecule has 0 unspecified atom stereocenters. The molecule has 1 fully saturated rings. The normalized spacial score (nSPS) is 25.7. The Balaban J connectivity index is 1.69. The minimum absolute atomic E-state index is 0.00380. The van der Waals surface area contributed by atoms with Gasteiger partial charge in [0.2, 0.25) is 5.28 Å². The summed E-state index contributed by atoms with van der Waals surface area (Å²) in [5, 5.41) is 20.6. The highest BCUT2D eigenvalue weighted by molar-refractivity contribution is 7.85. The molecule has 0 radical (unpaired) electrons. The number of nitrogens with two attached hydrogens (primary N) is 2. The predicted molar refractivity (Wildman–Crippen MR) is 111 cm³/mol. The average Bonchev–Trinajstić information content (AvgIpc) is 3.26. The molecule has 1 saturated heterocycles. The lowest BCUT2D eigenvalue weighted by Crippen LogP contribution is -2.47. The van der Waals surface area contributed by atoms with Crippen LogP contribution in [0.1, 0.15) is 26.5 Å². The van der Waals surface area contributed by atoms with Crippen molar-refractivity contribution < 1.29 is 32.3 Å². The molecule has 0 spiro atoms. The van der Waals surface area contributed by atoms with Gasteiger partial charge in [0.05, 0.1) is 19.0 Å². The first-order valence-corrected chi connectivity index (χ1v) is 11.4. The monoisotopic (exact) mass is 493 g/mol. The Hall–Kier alpha value is -2.14. The van der Waals surface area contributed by atoms with E-state index in [9.17, 15) is 23.4 Å². The molecule has 2 aromatic rings. The maximum absolute atomic E-state index is 12.1. The van der Waals surface area contributed by atoms with Gasteiger partial charge in [0, 0.05) is 0 Å². The van der Waals surface area contributed by atoms with Crippen LogP contribution >= 0.6 is 11.6 Å². The topological polar surface area (TPSA) is 218 Å². The van der Waals surface area contributed by atoms with Crippen molar-refractivity contribution in [1.29, 1.82) is 0 Å². The lowest BCUT2D eigenvalue weighted by Gasteiger charge is -2.18. The number of halogens is 1. The van der Waals surface area contributed by atoms with E-state index in [4.69, 9.17) is 32.0 Å². The number of nitrogen functional groups attached to an aromatic ring is 1. The van der Waals surface area contributed by atoms with Crippen molar-refractivity contribution in [3.05, 3.63) is 11.6 Å². The molecule has 32 heavy (non-hydrogen) atoms. The van der Waals surface area contributed by atoms with Gasteiger partial charge in [-0.1, -0.05) is 20.3 Å². The van der Waals surface area contributed by atoms with Crippen LogP contribution in [-0.2, 0) is 24.0 Å². The molecule has 1 aliphatic rings. The Morgan fingerprint density at radius 1 is 1.41 bits per heavy atom. The van der Waals surface area contributed by atoms with Gasteiger partial charge >= 0.3 is 10.3 Å². The molecular formula is C16H24ClN7O7S. The van der Waals surface area contributed by atoms with E-state index >= 15 is 0 Å².